The monoisotopic (exact) mass is 332 g/mol. The largest absolute Gasteiger partial charge is 0.383 e. The van der Waals surface area contributed by atoms with Crippen molar-refractivity contribution < 1.29 is 9.53 Å². The van der Waals surface area contributed by atoms with Gasteiger partial charge in [-0.3, -0.25) is 4.79 Å². The fourth-order valence-electron chi connectivity index (χ4n) is 2.24. The molecule has 0 spiro atoms. The summed E-state index contributed by atoms with van der Waals surface area (Å²) in [7, 11) is 1.69. The van der Waals surface area contributed by atoms with Gasteiger partial charge in [-0.05, 0) is 47.4 Å². The second-order valence-corrected chi connectivity index (χ2v) is 6.99. The minimum Gasteiger partial charge on any atom is -0.383 e. The van der Waals surface area contributed by atoms with Crippen LogP contribution in [0.2, 0.25) is 0 Å². The molecule has 1 amide bonds. The average Bonchev–Trinajstić information content (AvgIpc) is 2.97. The van der Waals surface area contributed by atoms with Crippen LogP contribution >= 0.6 is 27.3 Å². The van der Waals surface area contributed by atoms with Crippen molar-refractivity contribution in [3.05, 3.63) is 20.8 Å². The van der Waals surface area contributed by atoms with Gasteiger partial charge in [-0.25, -0.2) is 0 Å². The highest BCUT2D eigenvalue weighted by Crippen LogP contribution is 2.23. The van der Waals surface area contributed by atoms with Crippen LogP contribution in [-0.4, -0.2) is 38.3 Å². The molecular formula is C12H17BrN2O2S. The first kappa shape index (κ1) is 14.0. The minimum absolute atomic E-state index is 0.0186. The molecule has 0 radical (unpaired) electrons. The predicted octanol–water partition coefficient (Wildman–Crippen LogP) is 2.01. The molecule has 2 heterocycles. The maximum absolute atomic E-state index is 12.0. The van der Waals surface area contributed by atoms with Crippen molar-refractivity contribution in [1.29, 1.82) is 0 Å². The van der Waals surface area contributed by atoms with Crippen LogP contribution in [0.5, 0.6) is 0 Å². The van der Waals surface area contributed by atoms with Crippen LogP contribution in [0.15, 0.2) is 15.9 Å². The van der Waals surface area contributed by atoms with Gasteiger partial charge >= 0.3 is 0 Å². The van der Waals surface area contributed by atoms with Crippen LogP contribution in [0.1, 0.15) is 22.5 Å². The smallest absolute Gasteiger partial charge is 0.261 e. The molecule has 6 heteroatoms. The number of hydrogen-bond acceptors (Lipinski definition) is 4. The third kappa shape index (κ3) is 3.32. The van der Waals surface area contributed by atoms with Crippen LogP contribution < -0.4 is 10.6 Å². The molecule has 18 heavy (non-hydrogen) atoms. The molecule has 0 saturated carbocycles. The summed E-state index contributed by atoms with van der Waals surface area (Å²) in [4.78, 5) is 12.7. The van der Waals surface area contributed by atoms with Gasteiger partial charge < -0.3 is 15.4 Å². The zero-order valence-corrected chi connectivity index (χ0v) is 12.7. The Morgan fingerprint density at radius 1 is 1.67 bits per heavy atom. The molecule has 2 N–H and O–H groups in total. The first-order chi connectivity index (χ1) is 8.65. The summed E-state index contributed by atoms with van der Waals surface area (Å²) in [5.74, 6) is -0.0186. The van der Waals surface area contributed by atoms with E-state index in [9.17, 15) is 4.79 Å². The zero-order valence-electron chi connectivity index (χ0n) is 10.3. The molecule has 1 saturated heterocycles. The van der Waals surface area contributed by atoms with Crippen LogP contribution in [0.25, 0.3) is 0 Å². The van der Waals surface area contributed by atoms with Gasteiger partial charge in [0.15, 0.2) is 0 Å². The summed E-state index contributed by atoms with van der Waals surface area (Å²) in [6.07, 6.45) is 2.17. The summed E-state index contributed by atoms with van der Waals surface area (Å²) in [5, 5.41) is 6.43. The third-order valence-electron chi connectivity index (χ3n) is 3.14. The SMILES string of the molecule is COCC1(CNC(=O)c2ccc(Br)s2)CCCN1. The van der Waals surface area contributed by atoms with Gasteiger partial charge in [-0.15, -0.1) is 11.3 Å². The third-order valence-corrected chi connectivity index (χ3v) is 4.76. The van der Waals surface area contributed by atoms with Crippen molar-refractivity contribution in [2.75, 3.05) is 26.8 Å². The zero-order chi connectivity index (χ0) is 13.0. The van der Waals surface area contributed by atoms with Gasteiger partial charge in [0.25, 0.3) is 5.91 Å². The highest BCUT2D eigenvalue weighted by Gasteiger charge is 2.33. The van der Waals surface area contributed by atoms with E-state index in [2.05, 4.69) is 26.6 Å². The number of carbonyl (C=O) groups is 1. The Balaban J connectivity index is 1.91. The first-order valence-electron chi connectivity index (χ1n) is 5.93. The lowest BCUT2D eigenvalue weighted by atomic mass is 9.98. The molecule has 0 bridgehead atoms. The lowest BCUT2D eigenvalue weighted by Crippen LogP contribution is -2.52. The average molecular weight is 333 g/mol. The second-order valence-electron chi connectivity index (χ2n) is 4.53. The van der Waals surface area contributed by atoms with Crippen LogP contribution in [0.4, 0.5) is 0 Å². The molecule has 1 unspecified atom stereocenters. The number of ether oxygens (including phenoxy) is 1. The Hall–Kier alpha value is -0.430. The van der Waals surface area contributed by atoms with E-state index in [1.807, 2.05) is 12.1 Å². The Morgan fingerprint density at radius 2 is 2.50 bits per heavy atom. The number of amides is 1. The van der Waals surface area contributed by atoms with Gasteiger partial charge in [0.1, 0.15) is 0 Å². The van der Waals surface area contributed by atoms with Crippen molar-refractivity contribution in [2.24, 2.45) is 0 Å². The highest BCUT2D eigenvalue weighted by molar-refractivity contribution is 9.11. The van der Waals surface area contributed by atoms with E-state index in [1.165, 1.54) is 11.3 Å². The van der Waals surface area contributed by atoms with Crippen LogP contribution in [0, 0.1) is 0 Å². The van der Waals surface area contributed by atoms with Gasteiger partial charge in [0.05, 0.1) is 20.8 Å². The number of nitrogens with one attached hydrogen (secondary N) is 2. The van der Waals surface area contributed by atoms with Crippen molar-refractivity contribution in [2.45, 2.75) is 18.4 Å². The lowest BCUT2D eigenvalue weighted by Gasteiger charge is -2.28. The van der Waals surface area contributed by atoms with Crippen molar-refractivity contribution in [3.63, 3.8) is 0 Å². The molecule has 1 aliphatic rings. The summed E-state index contributed by atoms with van der Waals surface area (Å²) in [5.41, 5.74) is -0.0983. The number of thiophene rings is 1. The maximum Gasteiger partial charge on any atom is 0.261 e. The number of halogens is 1. The van der Waals surface area contributed by atoms with E-state index in [0.717, 1.165) is 28.0 Å². The number of hydrogen-bond donors (Lipinski definition) is 2. The van der Waals surface area contributed by atoms with E-state index in [1.54, 1.807) is 7.11 Å². The first-order valence-corrected chi connectivity index (χ1v) is 7.54. The molecule has 1 aromatic rings. The normalized spacial score (nSPS) is 23.2. The summed E-state index contributed by atoms with van der Waals surface area (Å²) >= 11 is 4.80. The quantitative estimate of drug-likeness (QED) is 0.867. The highest BCUT2D eigenvalue weighted by atomic mass is 79.9. The topological polar surface area (TPSA) is 50.4 Å². The Morgan fingerprint density at radius 3 is 3.06 bits per heavy atom. The van der Waals surface area contributed by atoms with E-state index in [4.69, 9.17) is 4.74 Å². The van der Waals surface area contributed by atoms with Crippen molar-refractivity contribution >= 4 is 33.2 Å². The van der Waals surface area contributed by atoms with Gasteiger partial charge in [-0.1, -0.05) is 0 Å². The van der Waals surface area contributed by atoms with Gasteiger partial charge in [0, 0.05) is 13.7 Å². The van der Waals surface area contributed by atoms with E-state index in [0.29, 0.717) is 13.2 Å². The molecule has 100 valence electrons. The van der Waals surface area contributed by atoms with E-state index in [-0.39, 0.29) is 11.4 Å². The summed E-state index contributed by atoms with van der Waals surface area (Å²) in [6.45, 7) is 2.22. The maximum atomic E-state index is 12.0. The second kappa shape index (κ2) is 6.14. The fraction of sp³-hybridized carbons (Fsp3) is 0.583. The van der Waals surface area contributed by atoms with Gasteiger partial charge in [-0.2, -0.15) is 0 Å². The Labute approximate surface area is 119 Å². The van der Waals surface area contributed by atoms with E-state index < -0.39 is 0 Å². The molecule has 4 nitrogen and oxygen atoms in total. The molecule has 1 fully saturated rings. The minimum atomic E-state index is -0.0983. The fourth-order valence-corrected chi connectivity index (χ4v) is 3.55. The number of rotatable bonds is 5. The van der Waals surface area contributed by atoms with Crippen LogP contribution in [0.3, 0.4) is 0 Å². The Bertz CT molecular complexity index is 416. The lowest BCUT2D eigenvalue weighted by molar-refractivity contribution is 0.0896. The van der Waals surface area contributed by atoms with Gasteiger partial charge in [0.2, 0.25) is 0 Å². The van der Waals surface area contributed by atoms with E-state index >= 15 is 0 Å². The molecule has 2 rings (SSSR count). The van der Waals surface area contributed by atoms with Crippen molar-refractivity contribution in [3.8, 4) is 0 Å². The molecule has 1 aliphatic heterocycles. The van der Waals surface area contributed by atoms with Crippen molar-refractivity contribution in [1.82, 2.24) is 10.6 Å². The molecule has 0 aromatic carbocycles. The number of methoxy groups -OCH3 is 1. The molecule has 1 atom stereocenters. The summed E-state index contributed by atoms with van der Waals surface area (Å²) < 4.78 is 6.22. The predicted molar refractivity (Wildman–Crippen MR) is 76.2 cm³/mol. The molecule has 0 aliphatic carbocycles. The Kier molecular flexibility index (Phi) is 4.77. The number of carbonyl (C=O) groups excluding carboxylic acids is 1. The molecular weight excluding hydrogens is 316 g/mol. The summed E-state index contributed by atoms with van der Waals surface area (Å²) in [6, 6.07) is 3.72. The standard InChI is InChI=1S/C12H17BrN2O2S/c1-17-8-12(5-2-6-15-12)7-14-11(16)9-3-4-10(13)18-9/h3-4,15H,2,5-8H2,1H3,(H,14,16). The molecule has 1 aromatic heterocycles. The van der Waals surface area contributed by atoms with Crippen LogP contribution in [-0.2, 0) is 4.74 Å².